The minimum absolute atomic E-state index is 0.0244. The van der Waals surface area contributed by atoms with E-state index in [1.165, 1.54) is 0 Å². The Bertz CT molecular complexity index is 1680. The Morgan fingerprint density at radius 2 is 1.88 bits per heavy atom. The van der Waals surface area contributed by atoms with Crippen molar-refractivity contribution >= 4 is 28.6 Å². The van der Waals surface area contributed by atoms with Crippen LogP contribution >= 0.6 is 22.7 Å². The third-order valence-electron chi connectivity index (χ3n) is 7.47. The summed E-state index contributed by atoms with van der Waals surface area (Å²) in [7, 11) is 0. The van der Waals surface area contributed by atoms with Crippen molar-refractivity contribution in [1.29, 1.82) is 0 Å². The lowest BCUT2D eigenvalue weighted by molar-refractivity contribution is 0.0735. The summed E-state index contributed by atoms with van der Waals surface area (Å²) < 4.78 is 6.18. The van der Waals surface area contributed by atoms with Gasteiger partial charge in [0.1, 0.15) is 10.0 Å². The van der Waals surface area contributed by atoms with E-state index in [1.54, 1.807) is 22.7 Å². The Labute approximate surface area is 247 Å². The van der Waals surface area contributed by atoms with Crippen molar-refractivity contribution in [3.05, 3.63) is 92.2 Å². The number of carbonyl (C=O) groups excluding carboxylic acids is 1. The summed E-state index contributed by atoms with van der Waals surface area (Å²) in [6, 6.07) is 15.7. The van der Waals surface area contributed by atoms with Gasteiger partial charge in [-0.25, -0.2) is 9.97 Å². The van der Waals surface area contributed by atoms with Gasteiger partial charge < -0.3 is 15.1 Å². The molecule has 0 radical (unpaired) electrons. The molecule has 0 aliphatic carbocycles. The molecule has 1 fully saturated rings. The van der Waals surface area contributed by atoms with Crippen molar-refractivity contribution in [2.24, 2.45) is 5.73 Å². The van der Waals surface area contributed by atoms with Crippen LogP contribution in [-0.4, -0.2) is 37.5 Å². The number of likely N-dealkylation sites (tertiary alicyclic amines) is 1. The van der Waals surface area contributed by atoms with Crippen molar-refractivity contribution in [3.63, 3.8) is 0 Å². The highest BCUT2D eigenvalue weighted by atomic mass is 32.1. The van der Waals surface area contributed by atoms with E-state index in [0.717, 1.165) is 50.2 Å². The third-order valence-corrected chi connectivity index (χ3v) is 9.65. The van der Waals surface area contributed by atoms with E-state index in [-0.39, 0.29) is 11.9 Å². The lowest BCUT2D eigenvalue weighted by Gasteiger charge is -2.23. The van der Waals surface area contributed by atoms with Gasteiger partial charge in [-0.3, -0.25) is 4.79 Å². The first kappa shape index (κ1) is 27.4. The summed E-state index contributed by atoms with van der Waals surface area (Å²) in [4.78, 5) is 26.6. The SMILES string of the molecule is Cc1csc([C@H]2CCCN2C(=O)c2cc(-c3nnc([C@](C)(N)Cc4ccccc4)o3)cc(-c3nc(C)c(C)s3)c2)n1. The van der Waals surface area contributed by atoms with Crippen LogP contribution in [0, 0.1) is 20.8 Å². The molecule has 1 aliphatic heterocycles. The second kappa shape index (κ2) is 10.9. The number of benzene rings is 2. The van der Waals surface area contributed by atoms with E-state index >= 15 is 0 Å². The van der Waals surface area contributed by atoms with E-state index in [0.29, 0.717) is 35.9 Å². The fraction of sp³-hybridized carbons (Fsp3) is 0.323. The summed E-state index contributed by atoms with van der Waals surface area (Å²) in [5.74, 6) is 0.620. The molecular formula is C31H32N6O2S2. The fourth-order valence-corrected chi connectivity index (χ4v) is 7.06. The smallest absolute Gasteiger partial charge is 0.254 e. The van der Waals surface area contributed by atoms with Crippen LogP contribution in [0.2, 0.25) is 0 Å². The molecule has 2 aromatic carbocycles. The highest BCUT2D eigenvalue weighted by Gasteiger charge is 2.34. The normalized spacial score (nSPS) is 16.7. The van der Waals surface area contributed by atoms with Gasteiger partial charge in [-0.15, -0.1) is 32.9 Å². The van der Waals surface area contributed by atoms with E-state index in [9.17, 15) is 4.79 Å². The fourth-order valence-electron chi connectivity index (χ4n) is 5.22. The lowest BCUT2D eigenvalue weighted by Crippen LogP contribution is -2.35. The number of hydrogen-bond acceptors (Lipinski definition) is 9. The second-order valence-corrected chi connectivity index (χ2v) is 13.0. The maximum absolute atomic E-state index is 14.0. The molecule has 0 spiro atoms. The molecule has 0 unspecified atom stereocenters. The van der Waals surface area contributed by atoms with Crippen LogP contribution < -0.4 is 5.73 Å². The molecule has 0 bridgehead atoms. The van der Waals surface area contributed by atoms with Gasteiger partial charge in [-0.2, -0.15) is 0 Å². The Kier molecular flexibility index (Phi) is 7.31. The summed E-state index contributed by atoms with van der Waals surface area (Å²) in [6.45, 7) is 8.61. The van der Waals surface area contributed by atoms with Gasteiger partial charge in [0.2, 0.25) is 11.8 Å². The first-order valence-corrected chi connectivity index (χ1v) is 15.4. The van der Waals surface area contributed by atoms with Crippen LogP contribution in [-0.2, 0) is 12.0 Å². The molecule has 4 heterocycles. The van der Waals surface area contributed by atoms with Crippen LogP contribution in [0.3, 0.4) is 0 Å². The van der Waals surface area contributed by atoms with Crippen LogP contribution in [0.15, 0.2) is 58.3 Å². The van der Waals surface area contributed by atoms with Gasteiger partial charge in [0, 0.05) is 39.2 Å². The van der Waals surface area contributed by atoms with E-state index in [1.807, 2.05) is 79.6 Å². The van der Waals surface area contributed by atoms with Crippen LogP contribution in [0.1, 0.15) is 68.9 Å². The zero-order valence-corrected chi connectivity index (χ0v) is 25.2. The molecule has 5 aromatic rings. The largest absolute Gasteiger partial charge is 0.419 e. The van der Waals surface area contributed by atoms with Gasteiger partial charge in [-0.05, 0) is 70.7 Å². The number of carbonyl (C=O) groups is 1. The molecule has 3 aromatic heterocycles. The predicted octanol–water partition coefficient (Wildman–Crippen LogP) is 6.64. The summed E-state index contributed by atoms with van der Waals surface area (Å²) >= 11 is 3.22. The first-order chi connectivity index (χ1) is 19.7. The van der Waals surface area contributed by atoms with Gasteiger partial charge in [0.15, 0.2) is 0 Å². The van der Waals surface area contributed by atoms with E-state index in [4.69, 9.17) is 15.1 Å². The molecule has 1 saturated heterocycles. The average molecular weight is 585 g/mol. The average Bonchev–Trinajstić information content (AvgIpc) is 3.76. The molecule has 0 saturated carbocycles. The molecule has 2 atom stereocenters. The van der Waals surface area contributed by atoms with Crippen molar-refractivity contribution in [1.82, 2.24) is 25.1 Å². The van der Waals surface area contributed by atoms with Crippen molar-refractivity contribution < 1.29 is 9.21 Å². The predicted molar refractivity (Wildman–Crippen MR) is 162 cm³/mol. The summed E-state index contributed by atoms with van der Waals surface area (Å²) in [5, 5.41) is 12.6. The highest BCUT2D eigenvalue weighted by Crippen LogP contribution is 2.37. The molecule has 1 aliphatic rings. The number of rotatable bonds is 7. The molecule has 210 valence electrons. The molecule has 2 N–H and O–H groups in total. The van der Waals surface area contributed by atoms with E-state index < -0.39 is 5.54 Å². The number of nitrogens with two attached hydrogens (primary N) is 1. The topological polar surface area (TPSA) is 111 Å². The van der Waals surface area contributed by atoms with Crippen LogP contribution in [0.25, 0.3) is 22.0 Å². The number of amides is 1. The third kappa shape index (κ3) is 5.59. The minimum atomic E-state index is -0.860. The molecule has 1 amide bonds. The number of aryl methyl sites for hydroxylation is 3. The Morgan fingerprint density at radius 3 is 2.59 bits per heavy atom. The Hall–Kier alpha value is -3.73. The molecule has 8 nitrogen and oxygen atoms in total. The van der Waals surface area contributed by atoms with Crippen molar-refractivity contribution in [2.75, 3.05) is 6.54 Å². The van der Waals surface area contributed by atoms with Gasteiger partial charge in [0.25, 0.3) is 5.91 Å². The molecule has 10 heteroatoms. The van der Waals surface area contributed by atoms with E-state index in [2.05, 4.69) is 22.1 Å². The molecule has 41 heavy (non-hydrogen) atoms. The molecule has 6 rings (SSSR count). The molecular weight excluding hydrogens is 553 g/mol. The van der Waals surface area contributed by atoms with Crippen molar-refractivity contribution in [2.45, 2.75) is 58.5 Å². The van der Waals surface area contributed by atoms with Gasteiger partial charge >= 0.3 is 0 Å². The van der Waals surface area contributed by atoms with Crippen LogP contribution in [0.5, 0.6) is 0 Å². The van der Waals surface area contributed by atoms with Gasteiger partial charge in [0.05, 0.1) is 17.3 Å². The zero-order valence-electron chi connectivity index (χ0n) is 23.5. The quantitative estimate of drug-likeness (QED) is 0.228. The first-order valence-electron chi connectivity index (χ1n) is 13.7. The van der Waals surface area contributed by atoms with Crippen LogP contribution in [0.4, 0.5) is 0 Å². The Balaban J connectivity index is 1.37. The lowest BCUT2D eigenvalue weighted by atomic mass is 9.94. The summed E-state index contributed by atoms with van der Waals surface area (Å²) in [5.41, 5.74) is 10.9. The zero-order chi connectivity index (χ0) is 28.7. The number of hydrogen-bond donors (Lipinski definition) is 1. The number of thiazole rings is 2. The number of aromatic nitrogens is 4. The Morgan fingerprint density at radius 1 is 1.10 bits per heavy atom. The number of nitrogens with zero attached hydrogens (tertiary/aromatic N) is 5. The standard InChI is InChI=1S/C31H32N6O2S2/c1-18-17-40-28(33-18)25-11-8-12-37(25)29(38)24-14-22(13-23(15-24)27-34-19(2)20(3)41-27)26-35-36-30(39-26)31(4,32)16-21-9-6-5-7-10-21/h5-7,9-10,13-15,17,25H,8,11-12,16,32H2,1-4H3/t25-,31-/m1/s1. The monoisotopic (exact) mass is 584 g/mol. The summed E-state index contributed by atoms with van der Waals surface area (Å²) in [6.07, 6.45) is 2.39. The second-order valence-electron chi connectivity index (χ2n) is 10.9. The maximum atomic E-state index is 14.0. The highest BCUT2D eigenvalue weighted by molar-refractivity contribution is 7.15. The minimum Gasteiger partial charge on any atom is -0.419 e. The van der Waals surface area contributed by atoms with Crippen molar-refractivity contribution in [3.8, 4) is 22.0 Å². The van der Waals surface area contributed by atoms with Gasteiger partial charge in [-0.1, -0.05) is 30.3 Å². The maximum Gasteiger partial charge on any atom is 0.254 e.